The Morgan fingerprint density at radius 2 is 2.25 bits per heavy atom. The van der Waals surface area contributed by atoms with E-state index in [1.807, 2.05) is 31.3 Å². The highest BCUT2D eigenvalue weighted by Crippen LogP contribution is 2.22. The quantitative estimate of drug-likeness (QED) is 0.784. The van der Waals surface area contributed by atoms with Crippen molar-refractivity contribution in [3.63, 3.8) is 0 Å². The lowest BCUT2D eigenvalue weighted by molar-refractivity contribution is 0.340. The molecule has 0 fully saturated rings. The largest absolute Gasteiger partial charge is 0.494 e. The lowest BCUT2D eigenvalue weighted by Crippen LogP contribution is -1.95. The molecule has 0 saturated heterocycles. The molecule has 0 aliphatic carbocycles. The first-order valence-electron chi connectivity index (χ1n) is 5.44. The molecule has 82 valence electrons. The van der Waals surface area contributed by atoms with Crippen LogP contribution in [-0.2, 0) is 6.54 Å². The first kappa shape index (κ1) is 10.6. The summed E-state index contributed by atoms with van der Waals surface area (Å²) in [5.41, 5.74) is 1.15. The number of aromatic nitrogens is 1. The van der Waals surface area contributed by atoms with Crippen molar-refractivity contribution >= 4 is 10.9 Å². The van der Waals surface area contributed by atoms with Gasteiger partial charge in [-0.15, -0.1) is 0 Å². The van der Waals surface area contributed by atoms with E-state index in [2.05, 4.69) is 16.7 Å². The van der Waals surface area contributed by atoms with E-state index in [1.165, 1.54) is 0 Å². The number of hydrogen-bond donors (Lipinski definition) is 0. The summed E-state index contributed by atoms with van der Waals surface area (Å²) in [6.45, 7) is 3.40. The van der Waals surface area contributed by atoms with Gasteiger partial charge in [0.2, 0.25) is 0 Å². The molecule has 0 amide bonds. The lowest BCUT2D eigenvalue weighted by Gasteiger charge is -2.04. The number of rotatable bonds is 4. The van der Waals surface area contributed by atoms with E-state index in [0.717, 1.165) is 23.2 Å². The molecule has 0 radical (unpaired) electrons. The third-order valence-electron chi connectivity index (χ3n) is 2.52. The normalized spacial score (nSPS) is 10.2. The number of nitriles is 1. The van der Waals surface area contributed by atoms with E-state index in [-0.39, 0.29) is 0 Å². The fourth-order valence-electron chi connectivity index (χ4n) is 1.80. The average molecular weight is 214 g/mol. The van der Waals surface area contributed by atoms with Crippen LogP contribution in [0.1, 0.15) is 13.3 Å². The highest BCUT2D eigenvalue weighted by Gasteiger charge is 2.02. The third kappa shape index (κ3) is 2.01. The fraction of sp³-hybridized carbons (Fsp3) is 0.308. The van der Waals surface area contributed by atoms with Gasteiger partial charge in [0.15, 0.2) is 0 Å². The van der Waals surface area contributed by atoms with Crippen molar-refractivity contribution in [1.29, 1.82) is 5.26 Å². The molecule has 1 heterocycles. The van der Waals surface area contributed by atoms with Crippen molar-refractivity contribution < 1.29 is 4.74 Å². The van der Waals surface area contributed by atoms with Gasteiger partial charge in [0.25, 0.3) is 0 Å². The Hall–Kier alpha value is -1.95. The second-order valence-corrected chi connectivity index (χ2v) is 3.57. The Kier molecular flexibility index (Phi) is 3.11. The van der Waals surface area contributed by atoms with Crippen molar-refractivity contribution in [3.05, 3.63) is 30.5 Å². The molecule has 1 aromatic carbocycles. The molecule has 16 heavy (non-hydrogen) atoms. The van der Waals surface area contributed by atoms with E-state index in [0.29, 0.717) is 13.0 Å². The van der Waals surface area contributed by atoms with Gasteiger partial charge in [-0.3, -0.25) is 0 Å². The van der Waals surface area contributed by atoms with E-state index in [1.54, 1.807) is 0 Å². The number of ether oxygens (including phenoxy) is 1. The van der Waals surface area contributed by atoms with Crippen LogP contribution in [0.15, 0.2) is 30.5 Å². The topological polar surface area (TPSA) is 38.0 Å². The molecular weight excluding hydrogens is 200 g/mol. The molecule has 0 N–H and O–H groups in total. The molecule has 0 saturated carbocycles. The molecular formula is C13H14N2O. The highest BCUT2D eigenvalue weighted by atomic mass is 16.5. The minimum Gasteiger partial charge on any atom is -0.494 e. The Labute approximate surface area is 94.9 Å². The summed E-state index contributed by atoms with van der Waals surface area (Å²) < 4.78 is 7.53. The van der Waals surface area contributed by atoms with Crippen LogP contribution in [0.2, 0.25) is 0 Å². The zero-order valence-electron chi connectivity index (χ0n) is 9.31. The summed E-state index contributed by atoms with van der Waals surface area (Å²) >= 11 is 0. The molecule has 0 spiro atoms. The van der Waals surface area contributed by atoms with Crippen molar-refractivity contribution in [2.75, 3.05) is 6.61 Å². The molecule has 2 aromatic rings. The molecule has 0 bridgehead atoms. The zero-order chi connectivity index (χ0) is 11.4. The van der Waals surface area contributed by atoms with Crippen molar-refractivity contribution in [2.24, 2.45) is 0 Å². The maximum atomic E-state index is 8.57. The number of aryl methyl sites for hydroxylation is 1. The highest BCUT2D eigenvalue weighted by molar-refractivity contribution is 5.81. The average Bonchev–Trinajstić information content (AvgIpc) is 2.69. The summed E-state index contributed by atoms with van der Waals surface area (Å²) in [7, 11) is 0. The SMILES string of the molecule is CCOc1ccc2c(ccn2CCC#N)c1. The molecule has 3 nitrogen and oxygen atoms in total. The fourth-order valence-corrected chi connectivity index (χ4v) is 1.80. The minimum atomic E-state index is 0.539. The summed E-state index contributed by atoms with van der Waals surface area (Å²) in [6, 6.07) is 10.2. The van der Waals surface area contributed by atoms with Gasteiger partial charge in [-0.1, -0.05) is 0 Å². The van der Waals surface area contributed by atoms with Gasteiger partial charge in [0, 0.05) is 23.6 Å². The van der Waals surface area contributed by atoms with Crippen LogP contribution < -0.4 is 4.74 Å². The molecule has 3 heteroatoms. The Morgan fingerprint density at radius 3 is 3.00 bits per heavy atom. The Morgan fingerprint density at radius 1 is 1.38 bits per heavy atom. The Bertz CT molecular complexity index is 522. The van der Waals surface area contributed by atoms with Crippen molar-refractivity contribution in [3.8, 4) is 11.8 Å². The monoisotopic (exact) mass is 214 g/mol. The van der Waals surface area contributed by atoms with Crippen LogP contribution in [-0.4, -0.2) is 11.2 Å². The van der Waals surface area contributed by atoms with Gasteiger partial charge in [0.05, 0.1) is 19.1 Å². The molecule has 0 unspecified atom stereocenters. The van der Waals surface area contributed by atoms with Crippen LogP contribution in [0, 0.1) is 11.3 Å². The standard InChI is InChI=1S/C13H14N2O/c1-2-16-12-4-5-13-11(10-12)6-9-15(13)8-3-7-14/h4-6,9-10H,2-3,8H2,1H3. The lowest BCUT2D eigenvalue weighted by atomic mass is 10.2. The number of fused-ring (bicyclic) bond motifs is 1. The molecule has 0 aliphatic rings. The number of nitrogens with zero attached hydrogens (tertiary/aromatic N) is 2. The smallest absolute Gasteiger partial charge is 0.120 e. The van der Waals surface area contributed by atoms with E-state index >= 15 is 0 Å². The first-order chi connectivity index (χ1) is 7.85. The second-order valence-electron chi connectivity index (χ2n) is 3.57. The zero-order valence-corrected chi connectivity index (χ0v) is 9.31. The number of hydrogen-bond acceptors (Lipinski definition) is 2. The van der Waals surface area contributed by atoms with Crippen molar-refractivity contribution in [2.45, 2.75) is 19.9 Å². The molecule has 0 atom stereocenters. The van der Waals surface area contributed by atoms with Crippen LogP contribution >= 0.6 is 0 Å². The van der Waals surface area contributed by atoms with Gasteiger partial charge < -0.3 is 9.30 Å². The minimum absolute atomic E-state index is 0.539. The molecule has 0 aliphatic heterocycles. The summed E-state index contributed by atoms with van der Waals surface area (Å²) in [6.07, 6.45) is 2.55. The van der Waals surface area contributed by atoms with Crippen LogP contribution in [0.4, 0.5) is 0 Å². The van der Waals surface area contributed by atoms with Crippen LogP contribution in [0.3, 0.4) is 0 Å². The van der Waals surface area contributed by atoms with E-state index < -0.39 is 0 Å². The number of benzene rings is 1. The molecule has 1 aromatic heterocycles. The summed E-state index contributed by atoms with van der Waals surface area (Å²) in [5.74, 6) is 0.896. The van der Waals surface area contributed by atoms with E-state index in [9.17, 15) is 0 Å². The predicted molar refractivity (Wildman–Crippen MR) is 63.3 cm³/mol. The third-order valence-corrected chi connectivity index (χ3v) is 2.52. The van der Waals surface area contributed by atoms with Gasteiger partial charge in [0.1, 0.15) is 5.75 Å². The molecule has 2 rings (SSSR count). The predicted octanol–water partition coefficient (Wildman–Crippen LogP) is 2.95. The van der Waals surface area contributed by atoms with Crippen molar-refractivity contribution in [1.82, 2.24) is 4.57 Å². The van der Waals surface area contributed by atoms with Gasteiger partial charge in [-0.2, -0.15) is 5.26 Å². The second kappa shape index (κ2) is 4.71. The first-order valence-corrected chi connectivity index (χ1v) is 5.44. The maximum absolute atomic E-state index is 8.57. The Balaban J connectivity index is 2.32. The van der Waals surface area contributed by atoms with Gasteiger partial charge >= 0.3 is 0 Å². The van der Waals surface area contributed by atoms with Crippen LogP contribution in [0.25, 0.3) is 10.9 Å². The maximum Gasteiger partial charge on any atom is 0.120 e. The van der Waals surface area contributed by atoms with Gasteiger partial charge in [-0.05, 0) is 31.2 Å². The van der Waals surface area contributed by atoms with Gasteiger partial charge in [-0.25, -0.2) is 0 Å². The summed E-state index contributed by atoms with van der Waals surface area (Å²) in [4.78, 5) is 0. The van der Waals surface area contributed by atoms with Crippen LogP contribution in [0.5, 0.6) is 5.75 Å². The van der Waals surface area contributed by atoms with E-state index in [4.69, 9.17) is 10.00 Å². The summed E-state index contributed by atoms with van der Waals surface area (Å²) in [5, 5.41) is 9.72.